The van der Waals surface area contributed by atoms with Gasteiger partial charge in [-0.05, 0) is 0 Å². The van der Waals surface area contributed by atoms with Gasteiger partial charge in [0.15, 0.2) is 0 Å². The lowest BCUT2D eigenvalue weighted by Crippen LogP contribution is -2.13. The zero-order valence-electron chi connectivity index (χ0n) is 6.49. The average molecular weight is 243 g/mol. The number of hydrogen-bond donors (Lipinski definition) is 0. The summed E-state index contributed by atoms with van der Waals surface area (Å²) in [5.41, 5.74) is -0.184. The zero-order chi connectivity index (χ0) is 9.84. The van der Waals surface area contributed by atoms with E-state index in [9.17, 15) is 14.9 Å². The Morgan fingerprint density at radius 1 is 1.69 bits per heavy atom. The highest BCUT2D eigenvalue weighted by atomic mass is 79.9. The van der Waals surface area contributed by atoms with E-state index < -0.39 is 4.92 Å². The molecule has 0 radical (unpaired) electrons. The van der Waals surface area contributed by atoms with Crippen LogP contribution in [-0.2, 0) is 4.79 Å². The van der Waals surface area contributed by atoms with Gasteiger partial charge in [0.25, 0.3) is 0 Å². The molecule has 1 aliphatic rings. The topological polar surface area (TPSA) is 60.2 Å². The summed E-state index contributed by atoms with van der Waals surface area (Å²) in [7, 11) is 0. The molecule has 66 valence electrons. The van der Waals surface area contributed by atoms with Crippen molar-refractivity contribution in [2.75, 3.05) is 5.33 Å². The lowest BCUT2D eigenvalue weighted by Gasteiger charge is -1.93. The fraction of sp³-hybridized carbons (Fsp3) is 0.125. The van der Waals surface area contributed by atoms with Gasteiger partial charge in [0, 0.05) is 6.08 Å². The van der Waals surface area contributed by atoms with E-state index >= 15 is 0 Å². The number of halogens is 1. The quantitative estimate of drug-likeness (QED) is 0.326. The molecule has 0 unspecified atom stereocenters. The molecule has 5 heteroatoms. The van der Waals surface area contributed by atoms with Gasteiger partial charge in [-0.1, -0.05) is 15.9 Å². The summed E-state index contributed by atoms with van der Waals surface area (Å²) in [6, 6.07) is 0. The first-order valence-electron chi connectivity index (χ1n) is 3.41. The lowest BCUT2D eigenvalue weighted by atomic mass is 10.1. The molecular weight excluding hydrogens is 238 g/mol. The van der Waals surface area contributed by atoms with Crippen molar-refractivity contribution in [2.45, 2.75) is 0 Å². The molecule has 0 atom stereocenters. The second kappa shape index (κ2) is 4.07. The Morgan fingerprint density at radius 3 is 2.92 bits per heavy atom. The van der Waals surface area contributed by atoms with Crippen LogP contribution in [0.25, 0.3) is 0 Å². The minimum absolute atomic E-state index is 0.0751. The van der Waals surface area contributed by atoms with Crippen molar-refractivity contribution in [3.63, 3.8) is 0 Å². The molecule has 1 aliphatic carbocycles. The average Bonchev–Trinajstić information content (AvgIpc) is 2.16. The highest BCUT2D eigenvalue weighted by molar-refractivity contribution is 9.09. The fourth-order valence-electron chi connectivity index (χ4n) is 0.876. The van der Waals surface area contributed by atoms with Crippen LogP contribution < -0.4 is 0 Å². The van der Waals surface area contributed by atoms with Gasteiger partial charge >= 0.3 is 5.70 Å². The Hall–Kier alpha value is -1.32. The van der Waals surface area contributed by atoms with Crippen molar-refractivity contribution in [2.24, 2.45) is 0 Å². The van der Waals surface area contributed by atoms with Crippen LogP contribution in [0.5, 0.6) is 0 Å². The number of ketones is 1. The van der Waals surface area contributed by atoms with Crippen LogP contribution >= 0.6 is 15.9 Å². The summed E-state index contributed by atoms with van der Waals surface area (Å²) in [4.78, 5) is 21.0. The van der Waals surface area contributed by atoms with Crippen LogP contribution in [0.2, 0.25) is 0 Å². The summed E-state index contributed by atoms with van der Waals surface area (Å²) in [5.74, 6) is -0.316. The standard InChI is InChI=1S/C8H5BrNO3/c9-5-8(11)6-3-1-2-4-7(6)10(12)13/h1-3H,5H2/q+1. The van der Waals surface area contributed by atoms with E-state index in [1.54, 1.807) is 6.08 Å². The molecule has 0 aromatic rings. The highest BCUT2D eigenvalue weighted by Crippen LogP contribution is 2.16. The van der Waals surface area contributed by atoms with Crippen LogP contribution in [0.1, 0.15) is 0 Å². The smallest absolute Gasteiger partial charge is 0.277 e. The molecule has 0 amide bonds. The maximum Gasteiger partial charge on any atom is 0.438 e. The summed E-state index contributed by atoms with van der Waals surface area (Å²) in [6.07, 6.45) is 6.78. The third-order valence-electron chi connectivity index (χ3n) is 1.44. The van der Waals surface area contributed by atoms with E-state index in [2.05, 4.69) is 22.0 Å². The van der Waals surface area contributed by atoms with Crippen molar-refractivity contribution in [1.29, 1.82) is 0 Å². The molecule has 0 spiro atoms. The van der Waals surface area contributed by atoms with Crippen molar-refractivity contribution in [1.82, 2.24) is 0 Å². The van der Waals surface area contributed by atoms with E-state index in [1.807, 2.05) is 0 Å². The Morgan fingerprint density at radius 2 is 2.38 bits per heavy atom. The second-order valence-corrected chi connectivity index (χ2v) is 2.81. The lowest BCUT2D eigenvalue weighted by molar-refractivity contribution is -0.421. The molecule has 0 saturated carbocycles. The van der Waals surface area contributed by atoms with Gasteiger partial charge < -0.3 is 0 Å². The first-order valence-corrected chi connectivity index (χ1v) is 4.53. The minimum atomic E-state index is -0.615. The SMILES string of the molecule is O=C(CBr)C1=CC=C[C+]=C1[N+](=O)[O-]. The number of allylic oxidation sites excluding steroid dienone is 5. The van der Waals surface area contributed by atoms with Gasteiger partial charge in [-0.3, -0.25) is 14.9 Å². The molecular formula is C8H5BrNO3+. The summed E-state index contributed by atoms with van der Waals surface area (Å²) >= 11 is 2.95. The maximum absolute atomic E-state index is 11.2. The predicted molar refractivity (Wildman–Crippen MR) is 49.8 cm³/mol. The minimum Gasteiger partial charge on any atom is -0.277 e. The monoisotopic (exact) mass is 242 g/mol. The fourth-order valence-corrected chi connectivity index (χ4v) is 1.18. The number of hydrogen-bond acceptors (Lipinski definition) is 3. The maximum atomic E-state index is 11.2. The Balaban J connectivity index is 3.03. The van der Waals surface area contributed by atoms with Crippen molar-refractivity contribution in [3.05, 3.63) is 45.7 Å². The number of alkyl halides is 1. The van der Waals surface area contributed by atoms with Gasteiger partial charge in [0.1, 0.15) is 17.1 Å². The summed E-state index contributed by atoms with van der Waals surface area (Å²) in [5, 5.41) is 10.5. The van der Waals surface area contributed by atoms with Crippen LogP contribution in [-0.4, -0.2) is 16.0 Å². The van der Waals surface area contributed by atoms with E-state index in [-0.39, 0.29) is 22.4 Å². The largest absolute Gasteiger partial charge is 0.438 e. The Labute approximate surface area is 82.9 Å². The molecule has 4 nitrogen and oxygen atoms in total. The highest BCUT2D eigenvalue weighted by Gasteiger charge is 2.33. The molecule has 1 rings (SSSR count). The number of Topliss-reactive ketones (excluding diaryl/α,β-unsaturated/α-hetero) is 1. The number of carbonyl (C=O) groups excluding carboxylic acids is 1. The van der Waals surface area contributed by atoms with Gasteiger partial charge in [0.05, 0.1) is 11.4 Å². The number of carbonyl (C=O) groups is 1. The first kappa shape index (κ1) is 9.77. The molecule has 0 heterocycles. The molecule has 13 heavy (non-hydrogen) atoms. The number of nitro groups is 1. The molecule has 0 aliphatic heterocycles. The van der Waals surface area contributed by atoms with Gasteiger partial charge in [0.2, 0.25) is 11.4 Å². The van der Waals surface area contributed by atoms with Crippen LogP contribution in [0.3, 0.4) is 0 Å². The van der Waals surface area contributed by atoms with Crippen molar-refractivity contribution in [3.8, 4) is 0 Å². The molecule has 0 fully saturated rings. The second-order valence-electron chi connectivity index (χ2n) is 2.25. The van der Waals surface area contributed by atoms with Gasteiger partial charge in [-0.2, -0.15) is 0 Å². The first-order chi connectivity index (χ1) is 6.16. The third-order valence-corrected chi connectivity index (χ3v) is 1.95. The van der Waals surface area contributed by atoms with E-state index in [4.69, 9.17) is 0 Å². The molecule has 0 saturated heterocycles. The van der Waals surface area contributed by atoms with Crippen molar-refractivity contribution >= 4 is 21.7 Å². The predicted octanol–water partition coefficient (Wildman–Crippen LogP) is 1.41. The third kappa shape index (κ3) is 2.08. The number of nitrogens with zero attached hydrogens (tertiary/aromatic N) is 1. The Bertz CT molecular complexity index is 341. The van der Waals surface area contributed by atoms with Crippen LogP contribution in [0.15, 0.2) is 29.5 Å². The normalized spacial score (nSPS) is 14.2. The van der Waals surface area contributed by atoms with Crippen molar-refractivity contribution < 1.29 is 9.72 Å². The van der Waals surface area contributed by atoms with Gasteiger partial charge in [-0.25, -0.2) is 0 Å². The molecule has 0 aromatic carbocycles. The summed E-state index contributed by atoms with van der Waals surface area (Å²) < 4.78 is 0. The van der Waals surface area contributed by atoms with Crippen LogP contribution in [0.4, 0.5) is 0 Å². The van der Waals surface area contributed by atoms with Gasteiger partial charge in [-0.15, -0.1) is 0 Å². The zero-order valence-corrected chi connectivity index (χ0v) is 8.08. The Kier molecular flexibility index (Phi) is 3.06. The summed E-state index contributed by atoms with van der Waals surface area (Å²) in [6.45, 7) is 0. The molecule has 0 N–H and O–H groups in total. The van der Waals surface area contributed by atoms with E-state index in [1.165, 1.54) is 12.2 Å². The molecule has 0 bridgehead atoms. The number of rotatable bonds is 3. The van der Waals surface area contributed by atoms with E-state index in [0.717, 1.165) is 0 Å². The molecule has 0 aromatic heterocycles. The van der Waals surface area contributed by atoms with Crippen LogP contribution in [0, 0.1) is 16.2 Å². The van der Waals surface area contributed by atoms with E-state index in [0.29, 0.717) is 0 Å².